The molecule has 0 unspecified atom stereocenters. The maximum atomic E-state index is 5.92. The molecule has 2 heterocycles. The van der Waals surface area contributed by atoms with Crippen molar-refractivity contribution in [3.8, 4) is 16.9 Å². The highest BCUT2D eigenvalue weighted by molar-refractivity contribution is 7.19. The molecular formula is C24H25N3OS. The van der Waals surface area contributed by atoms with E-state index in [0.29, 0.717) is 6.61 Å². The molecule has 29 heavy (non-hydrogen) atoms. The van der Waals surface area contributed by atoms with E-state index in [0.717, 1.165) is 33.9 Å². The van der Waals surface area contributed by atoms with Gasteiger partial charge in [-0.05, 0) is 56.0 Å². The SMILES string of the molecule is CCCOc1ccccc1Nc1ncnc2sc(C)c(-c3ccc(C)c(C)c3)c12. The van der Waals surface area contributed by atoms with Crippen LogP contribution >= 0.6 is 11.3 Å². The summed E-state index contributed by atoms with van der Waals surface area (Å²) < 4.78 is 5.92. The molecule has 2 aromatic carbocycles. The van der Waals surface area contributed by atoms with E-state index in [-0.39, 0.29) is 0 Å². The van der Waals surface area contributed by atoms with Crippen LogP contribution in [0.15, 0.2) is 48.8 Å². The summed E-state index contributed by atoms with van der Waals surface area (Å²) >= 11 is 1.70. The smallest absolute Gasteiger partial charge is 0.143 e. The van der Waals surface area contributed by atoms with E-state index in [1.54, 1.807) is 17.7 Å². The third kappa shape index (κ3) is 3.83. The zero-order chi connectivity index (χ0) is 20.4. The zero-order valence-electron chi connectivity index (χ0n) is 17.2. The van der Waals surface area contributed by atoms with Gasteiger partial charge in [0.25, 0.3) is 0 Å². The first-order valence-electron chi connectivity index (χ1n) is 9.89. The molecule has 4 aromatic rings. The third-order valence-corrected chi connectivity index (χ3v) is 6.07. The standard InChI is InChI=1S/C24H25N3OS/c1-5-12-28-20-9-7-6-8-19(20)27-23-22-21(17(4)29-24(22)26-14-25-23)18-11-10-15(2)16(3)13-18/h6-11,13-14H,5,12H2,1-4H3,(H,25,26,27). The van der Waals surface area contributed by atoms with Crippen LogP contribution in [-0.2, 0) is 0 Å². The Balaban J connectivity index is 1.84. The maximum absolute atomic E-state index is 5.92. The second kappa shape index (κ2) is 8.21. The summed E-state index contributed by atoms with van der Waals surface area (Å²) in [5.74, 6) is 1.64. The van der Waals surface area contributed by atoms with E-state index in [1.165, 1.54) is 27.1 Å². The number of ether oxygens (including phenoxy) is 1. The topological polar surface area (TPSA) is 47.0 Å². The summed E-state index contributed by atoms with van der Waals surface area (Å²) in [6, 6.07) is 14.6. The molecule has 1 N–H and O–H groups in total. The number of hydrogen-bond acceptors (Lipinski definition) is 5. The maximum Gasteiger partial charge on any atom is 0.143 e. The fourth-order valence-corrected chi connectivity index (χ4v) is 4.43. The summed E-state index contributed by atoms with van der Waals surface area (Å²) in [5.41, 5.74) is 5.89. The minimum Gasteiger partial charge on any atom is -0.491 e. The van der Waals surface area contributed by atoms with Gasteiger partial charge in [-0.3, -0.25) is 0 Å². The lowest BCUT2D eigenvalue weighted by Crippen LogP contribution is -2.01. The van der Waals surface area contributed by atoms with Crippen molar-refractivity contribution in [3.63, 3.8) is 0 Å². The van der Waals surface area contributed by atoms with Crippen molar-refractivity contribution in [1.29, 1.82) is 0 Å². The molecule has 0 aliphatic rings. The Hall–Kier alpha value is -2.92. The molecule has 148 valence electrons. The van der Waals surface area contributed by atoms with E-state index in [1.807, 2.05) is 24.3 Å². The average Bonchev–Trinajstić information content (AvgIpc) is 3.06. The van der Waals surface area contributed by atoms with E-state index in [2.05, 4.69) is 61.2 Å². The number of fused-ring (bicyclic) bond motifs is 1. The zero-order valence-corrected chi connectivity index (χ0v) is 18.1. The highest BCUT2D eigenvalue weighted by atomic mass is 32.1. The van der Waals surface area contributed by atoms with Crippen LogP contribution in [0.25, 0.3) is 21.3 Å². The predicted octanol–water partition coefficient (Wildman–Crippen LogP) is 6.82. The van der Waals surface area contributed by atoms with Crippen molar-refractivity contribution >= 4 is 33.1 Å². The highest BCUT2D eigenvalue weighted by Crippen LogP contribution is 2.42. The number of rotatable bonds is 6. The van der Waals surface area contributed by atoms with Crippen LogP contribution < -0.4 is 10.1 Å². The number of nitrogens with zero attached hydrogens (tertiary/aromatic N) is 2. The van der Waals surface area contributed by atoms with Gasteiger partial charge in [-0.2, -0.15) is 0 Å². The number of hydrogen-bond donors (Lipinski definition) is 1. The Labute approximate surface area is 175 Å². The quantitative estimate of drug-likeness (QED) is 0.384. The Morgan fingerprint density at radius 3 is 2.62 bits per heavy atom. The van der Waals surface area contributed by atoms with Gasteiger partial charge >= 0.3 is 0 Å². The molecule has 5 heteroatoms. The number of benzene rings is 2. The molecule has 0 atom stereocenters. The van der Waals surface area contributed by atoms with E-state index in [9.17, 15) is 0 Å². The second-order valence-electron chi connectivity index (χ2n) is 7.20. The number of nitrogens with one attached hydrogen (secondary N) is 1. The van der Waals surface area contributed by atoms with Crippen LogP contribution in [0, 0.1) is 20.8 Å². The van der Waals surface area contributed by atoms with Gasteiger partial charge in [-0.1, -0.05) is 37.3 Å². The summed E-state index contributed by atoms with van der Waals surface area (Å²) in [6.07, 6.45) is 2.59. The summed E-state index contributed by atoms with van der Waals surface area (Å²) in [5, 5.41) is 4.56. The molecule has 2 aromatic heterocycles. The Bertz CT molecular complexity index is 1170. The molecule has 0 spiro atoms. The molecule has 0 radical (unpaired) electrons. The molecule has 0 bridgehead atoms. The van der Waals surface area contributed by atoms with Crippen molar-refractivity contribution in [2.45, 2.75) is 34.1 Å². The van der Waals surface area contributed by atoms with Crippen molar-refractivity contribution in [3.05, 3.63) is 64.8 Å². The Morgan fingerprint density at radius 2 is 1.83 bits per heavy atom. The third-order valence-electron chi connectivity index (χ3n) is 5.06. The minimum absolute atomic E-state index is 0.684. The van der Waals surface area contributed by atoms with Crippen LogP contribution in [0.5, 0.6) is 5.75 Å². The monoisotopic (exact) mass is 403 g/mol. The van der Waals surface area contributed by atoms with Gasteiger partial charge in [0.05, 0.1) is 17.7 Å². The number of aromatic nitrogens is 2. The summed E-state index contributed by atoms with van der Waals surface area (Å²) in [6.45, 7) is 9.23. The van der Waals surface area contributed by atoms with Crippen molar-refractivity contribution in [2.24, 2.45) is 0 Å². The van der Waals surface area contributed by atoms with Gasteiger partial charge in [0, 0.05) is 10.4 Å². The van der Waals surface area contributed by atoms with Gasteiger partial charge in [0.1, 0.15) is 22.7 Å². The van der Waals surface area contributed by atoms with Crippen LogP contribution in [0.3, 0.4) is 0 Å². The van der Waals surface area contributed by atoms with E-state index < -0.39 is 0 Å². The molecule has 0 aliphatic carbocycles. The molecule has 4 rings (SSSR count). The fraction of sp³-hybridized carbons (Fsp3) is 0.250. The van der Waals surface area contributed by atoms with Crippen molar-refractivity contribution in [2.75, 3.05) is 11.9 Å². The lowest BCUT2D eigenvalue weighted by atomic mass is 9.99. The summed E-state index contributed by atoms with van der Waals surface area (Å²) in [4.78, 5) is 11.4. The lowest BCUT2D eigenvalue weighted by molar-refractivity contribution is 0.319. The van der Waals surface area contributed by atoms with Crippen LogP contribution in [0.2, 0.25) is 0 Å². The van der Waals surface area contributed by atoms with Gasteiger partial charge in [-0.25, -0.2) is 9.97 Å². The van der Waals surface area contributed by atoms with E-state index >= 15 is 0 Å². The molecular weight excluding hydrogens is 378 g/mol. The Morgan fingerprint density at radius 1 is 1.00 bits per heavy atom. The van der Waals surface area contributed by atoms with E-state index in [4.69, 9.17) is 4.74 Å². The van der Waals surface area contributed by atoms with Gasteiger partial charge in [-0.15, -0.1) is 11.3 Å². The largest absolute Gasteiger partial charge is 0.491 e. The highest BCUT2D eigenvalue weighted by Gasteiger charge is 2.18. The first-order chi connectivity index (χ1) is 14.1. The normalized spacial score (nSPS) is 11.0. The fourth-order valence-electron chi connectivity index (χ4n) is 3.42. The number of anilines is 2. The van der Waals surface area contributed by atoms with Gasteiger partial charge in [0.2, 0.25) is 0 Å². The number of thiophene rings is 1. The van der Waals surface area contributed by atoms with Crippen LogP contribution in [0.1, 0.15) is 29.3 Å². The predicted molar refractivity (Wildman–Crippen MR) is 123 cm³/mol. The lowest BCUT2D eigenvalue weighted by Gasteiger charge is -2.14. The van der Waals surface area contributed by atoms with Gasteiger partial charge in [0.15, 0.2) is 0 Å². The van der Waals surface area contributed by atoms with Crippen molar-refractivity contribution in [1.82, 2.24) is 9.97 Å². The molecule has 4 nitrogen and oxygen atoms in total. The number of aryl methyl sites for hydroxylation is 3. The molecule has 0 fully saturated rings. The van der Waals surface area contributed by atoms with Crippen LogP contribution in [-0.4, -0.2) is 16.6 Å². The summed E-state index contributed by atoms with van der Waals surface area (Å²) in [7, 11) is 0. The van der Waals surface area contributed by atoms with Crippen LogP contribution in [0.4, 0.5) is 11.5 Å². The molecule has 0 aliphatic heterocycles. The van der Waals surface area contributed by atoms with Crippen molar-refractivity contribution < 1.29 is 4.74 Å². The molecule has 0 saturated carbocycles. The minimum atomic E-state index is 0.684. The Kier molecular flexibility index (Phi) is 5.49. The first kappa shape index (κ1) is 19.4. The molecule has 0 saturated heterocycles. The average molecular weight is 404 g/mol. The molecule has 0 amide bonds. The second-order valence-corrected chi connectivity index (χ2v) is 8.41. The number of para-hydroxylation sites is 2. The van der Waals surface area contributed by atoms with Gasteiger partial charge < -0.3 is 10.1 Å². The first-order valence-corrected chi connectivity index (χ1v) is 10.7.